The highest BCUT2D eigenvalue weighted by Gasteiger charge is 2.34. The topological polar surface area (TPSA) is 25.2 Å². The molecule has 1 aromatic heterocycles. The Morgan fingerprint density at radius 3 is 2.57 bits per heavy atom. The molecule has 0 spiro atoms. The van der Waals surface area contributed by atoms with Gasteiger partial charge in [-0.15, -0.1) is 0 Å². The van der Waals surface area contributed by atoms with Crippen molar-refractivity contribution in [2.24, 2.45) is 5.41 Å². The van der Waals surface area contributed by atoms with Gasteiger partial charge in [0.25, 0.3) is 0 Å². The second-order valence-electron chi connectivity index (χ2n) is 7.79. The Hall–Kier alpha value is -1.09. The number of rotatable bonds is 3. The van der Waals surface area contributed by atoms with E-state index in [0.717, 1.165) is 18.5 Å². The number of aromatic nitrogens is 1. The van der Waals surface area contributed by atoms with Crippen LogP contribution in [0.3, 0.4) is 0 Å². The van der Waals surface area contributed by atoms with E-state index in [2.05, 4.69) is 43.2 Å². The molecule has 0 amide bonds. The van der Waals surface area contributed by atoms with Crippen LogP contribution in [0.1, 0.15) is 61.8 Å². The molecule has 3 nitrogen and oxygen atoms in total. The summed E-state index contributed by atoms with van der Waals surface area (Å²) in [5.74, 6) is 0.330. The number of hydrogen-bond donors (Lipinski definition) is 0. The lowest BCUT2D eigenvalue weighted by Gasteiger charge is -2.31. The molecule has 0 N–H and O–H groups in total. The molecular weight excluding hydrogens is 260 g/mol. The molecule has 116 valence electrons. The van der Waals surface area contributed by atoms with Crippen LogP contribution >= 0.6 is 0 Å². The minimum Gasteiger partial charge on any atom is -0.347 e. The van der Waals surface area contributed by atoms with E-state index in [1.165, 1.54) is 37.3 Å². The molecule has 21 heavy (non-hydrogen) atoms. The zero-order valence-corrected chi connectivity index (χ0v) is 13.9. The highest BCUT2D eigenvalue weighted by molar-refractivity contribution is 5.99. The van der Waals surface area contributed by atoms with Crippen LogP contribution in [-0.4, -0.2) is 34.4 Å². The maximum atomic E-state index is 12.4. The summed E-state index contributed by atoms with van der Waals surface area (Å²) in [7, 11) is 0. The first-order valence-corrected chi connectivity index (χ1v) is 8.34. The lowest BCUT2D eigenvalue weighted by atomic mass is 9.76. The molecule has 0 bridgehead atoms. The average molecular weight is 288 g/mol. The summed E-state index contributed by atoms with van der Waals surface area (Å²) in [5.41, 5.74) is 3.61. The first-order valence-electron chi connectivity index (χ1n) is 8.34. The number of nitrogens with zero attached hydrogens (tertiary/aromatic N) is 2. The van der Waals surface area contributed by atoms with Crippen LogP contribution in [0.25, 0.3) is 0 Å². The van der Waals surface area contributed by atoms with Crippen LogP contribution in [0.2, 0.25) is 0 Å². The average Bonchev–Trinajstić information content (AvgIpc) is 2.99. The van der Waals surface area contributed by atoms with Crippen LogP contribution in [0.4, 0.5) is 0 Å². The van der Waals surface area contributed by atoms with Crippen LogP contribution in [-0.2, 0) is 13.0 Å². The van der Waals surface area contributed by atoms with Gasteiger partial charge in [-0.25, -0.2) is 0 Å². The second kappa shape index (κ2) is 5.28. The van der Waals surface area contributed by atoms with Gasteiger partial charge in [0.15, 0.2) is 5.78 Å². The lowest BCUT2D eigenvalue weighted by molar-refractivity contribution is 0.0909. The number of ketones is 1. The van der Waals surface area contributed by atoms with E-state index in [4.69, 9.17) is 0 Å². The summed E-state index contributed by atoms with van der Waals surface area (Å²) in [6.07, 6.45) is 4.37. The van der Waals surface area contributed by atoms with E-state index in [9.17, 15) is 4.79 Å². The van der Waals surface area contributed by atoms with Crippen LogP contribution < -0.4 is 0 Å². The van der Waals surface area contributed by atoms with E-state index in [1.54, 1.807) is 0 Å². The number of carbonyl (C=O) groups is 1. The standard InChI is InChI=1S/C18H28N2O/c1-13-9-15-16(10-18(3,4)11-17(15)21)20(13)12-14(2)19-7-5-6-8-19/h9,14H,5-8,10-12H2,1-4H3. The van der Waals surface area contributed by atoms with Crippen molar-refractivity contribution in [3.05, 3.63) is 23.0 Å². The normalized spacial score (nSPS) is 23.3. The molecule has 2 aliphatic rings. The number of aryl methyl sites for hydroxylation is 1. The van der Waals surface area contributed by atoms with Gasteiger partial charge in [0, 0.05) is 36.0 Å². The van der Waals surface area contributed by atoms with Gasteiger partial charge in [0.2, 0.25) is 0 Å². The zero-order valence-electron chi connectivity index (χ0n) is 13.9. The molecule has 1 aromatic rings. The van der Waals surface area contributed by atoms with E-state index < -0.39 is 0 Å². The fourth-order valence-corrected chi connectivity index (χ4v) is 4.02. The third-order valence-corrected chi connectivity index (χ3v) is 5.21. The van der Waals surface area contributed by atoms with Gasteiger partial charge in [-0.1, -0.05) is 13.8 Å². The predicted molar refractivity (Wildman–Crippen MR) is 85.9 cm³/mol. The highest BCUT2D eigenvalue weighted by Crippen LogP contribution is 2.36. The highest BCUT2D eigenvalue weighted by atomic mass is 16.1. The zero-order chi connectivity index (χ0) is 15.2. The maximum absolute atomic E-state index is 12.4. The van der Waals surface area contributed by atoms with Crippen molar-refractivity contribution >= 4 is 5.78 Å². The summed E-state index contributed by atoms with van der Waals surface area (Å²) in [6, 6.07) is 2.67. The second-order valence-corrected chi connectivity index (χ2v) is 7.79. The van der Waals surface area contributed by atoms with Crippen LogP contribution in [0.15, 0.2) is 6.07 Å². The Balaban J connectivity index is 1.87. The summed E-state index contributed by atoms with van der Waals surface area (Å²) in [4.78, 5) is 15.0. The number of Topliss-reactive ketones (excluding diaryl/α,β-unsaturated/α-hetero) is 1. The van der Waals surface area contributed by atoms with E-state index >= 15 is 0 Å². The monoisotopic (exact) mass is 288 g/mol. The van der Waals surface area contributed by atoms with Gasteiger partial charge in [-0.05, 0) is 57.7 Å². The van der Waals surface area contributed by atoms with Crippen molar-refractivity contribution in [1.82, 2.24) is 9.47 Å². The molecule has 3 heteroatoms. The third-order valence-electron chi connectivity index (χ3n) is 5.21. The van der Waals surface area contributed by atoms with Gasteiger partial charge in [0.05, 0.1) is 0 Å². The van der Waals surface area contributed by atoms with E-state index in [1.807, 2.05) is 0 Å². The Labute approximate surface area is 128 Å². The molecule has 1 aliphatic carbocycles. The quantitative estimate of drug-likeness (QED) is 0.851. The predicted octanol–water partition coefficient (Wildman–Crippen LogP) is 3.44. The molecule has 1 saturated heterocycles. The molecule has 1 atom stereocenters. The van der Waals surface area contributed by atoms with Gasteiger partial charge in [-0.3, -0.25) is 9.69 Å². The van der Waals surface area contributed by atoms with Gasteiger partial charge >= 0.3 is 0 Å². The van der Waals surface area contributed by atoms with Gasteiger partial charge in [0.1, 0.15) is 0 Å². The first-order chi connectivity index (χ1) is 9.87. The molecule has 0 aromatic carbocycles. The van der Waals surface area contributed by atoms with Crippen molar-refractivity contribution < 1.29 is 4.79 Å². The summed E-state index contributed by atoms with van der Waals surface area (Å²) < 4.78 is 2.41. The Kier molecular flexibility index (Phi) is 3.73. The smallest absolute Gasteiger partial charge is 0.165 e. The number of hydrogen-bond acceptors (Lipinski definition) is 2. The van der Waals surface area contributed by atoms with Gasteiger partial charge in [-0.2, -0.15) is 0 Å². The molecule has 1 unspecified atom stereocenters. The van der Waals surface area contributed by atoms with Crippen molar-refractivity contribution in [3.63, 3.8) is 0 Å². The van der Waals surface area contributed by atoms with Crippen molar-refractivity contribution in [2.45, 2.75) is 66.0 Å². The fourth-order valence-electron chi connectivity index (χ4n) is 4.02. The number of carbonyl (C=O) groups excluding carboxylic acids is 1. The fraction of sp³-hybridized carbons (Fsp3) is 0.722. The summed E-state index contributed by atoms with van der Waals surface area (Å²) in [5, 5.41) is 0. The van der Waals surface area contributed by atoms with E-state index in [-0.39, 0.29) is 5.41 Å². The summed E-state index contributed by atoms with van der Waals surface area (Å²) >= 11 is 0. The van der Waals surface area contributed by atoms with Crippen molar-refractivity contribution in [1.29, 1.82) is 0 Å². The van der Waals surface area contributed by atoms with E-state index in [0.29, 0.717) is 18.2 Å². The SMILES string of the molecule is Cc1cc2c(n1CC(C)N1CCCC1)CC(C)(C)CC2=O. The minimum atomic E-state index is 0.101. The Morgan fingerprint density at radius 2 is 1.90 bits per heavy atom. The Bertz CT molecular complexity index is 550. The molecule has 2 heterocycles. The van der Waals surface area contributed by atoms with Crippen molar-refractivity contribution in [3.8, 4) is 0 Å². The number of likely N-dealkylation sites (tertiary alicyclic amines) is 1. The first kappa shape index (κ1) is 14.8. The maximum Gasteiger partial charge on any atom is 0.165 e. The third kappa shape index (κ3) is 2.80. The molecule has 1 aliphatic heterocycles. The molecule has 0 saturated carbocycles. The minimum absolute atomic E-state index is 0.101. The number of fused-ring (bicyclic) bond motifs is 1. The molecule has 0 radical (unpaired) electrons. The van der Waals surface area contributed by atoms with Crippen LogP contribution in [0.5, 0.6) is 0 Å². The Morgan fingerprint density at radius 1 is 1.24 bits per heavy atom. The summed E-state index contributed by atoms with van der Waals surface area (Å²) in [6.45, 7) is 12.4. The lowest BCUT2D eigenvalue weighted by Crippen LogP contribution is -2.35. The molecule has 3 rings (SSSR count). The van der Waals surface area contributed by atoms with Gasteiger partial charge < -0.3 is 4.57 Å². The van der Waals surface area contributed by atoms with Crippen LogP contribution in [0, 0.1) is 12.3 Å². The largest absolute Gasteiger partial charge is 0.347 e. The molecule has 1 fully saturated rings. The van der Waals surface area contributed by atoms with Crippen molar-refractivity contribution in [2.75, 3.05) is 13.1 Å². The molecular formula is C18H28N2O.